The SMILES string of the molecule is Cc1cc(C(F)(F)F)c(C(N)=O)cc1Br. The van der Waals surface area contributed by atoms with Gasteiger partial charge in [-0.2, -0.15) is 13.2 Å². The van der Waals surface area contributed by atoms with Gasteiger partial charge in [0.25, 0.3) is 0 Å². The van der Waals surface area contributed by atoms with Gasteiger partial charge in [-0.05, 0) is 24.6 Å². The lowest BCUT2D eigenvalue weighted by Gasteiger charge is -2.12. The first-order chi connectivity index (χ1) is 6.73. The Morgan fingerprint density at radius 3 is 2.33 bits per heavy atom. The predicted octanol–water partition coefficient (Wildman–Crippen LogP) is 2.88. The van der Waals surface area contributed by atoms with E-state index in [2.05, 4.69) is 15.9 Å². The van der Waals surface area contributed by atoms with Gasteiger partial charge in [0.2, 0.25) is 5.91 Å². The molecule has 15 heavy (non-hydrogen) atoms. The summed E-state index contributed by atoms with van der Waals surface area (Å²) in [5.74, 6) is -1.09. The van der Waals surface area contributed by atoms with Crippen molar-refractivity contribution in [1.82, 2.24) is 0 Å². The smallest absolute Gasteiger partial charge is 0.366 e. The zero-order chi connectivity index (χ0) is 11.8. The molecule has 2 N–H and O–H groups in total. The monoisotopic (exact) mass is 281 g/mol. The summed E-state index contributed by atoms with van der Waals surface area (Å²) in [6.07, 6.45) is -4.57. The summed E-state index contributed by atoms with van der Waals surface area (Å²) in [7, 11) is 0. The van der Waals surface area contributed by atoms with E-state index in [-0.39, 0.29) is 0 Å². The third-order valence-electron chi connectivity index (χ3n) is 1.87. The fourth-order valence-electron chi connectivity index (χ4n) is 1.12. The van der Waals surface area contributed by atoms with Crippen LogP contribution in [-0.4, -0.2) is 5.91 Å². The number of carbonyl (C=O) groups is 1. The van der Waals surface area contributed by atoms with Crippen molar-refractivity contribution in [2.45, 2.75) is 13.1 Å². The number of hydrogen-bond acceptors (Lipinski definition) is 1. The molecule has 0 fully saturated rings. The van der Waals surface area contributed by atoms with Crippen LogP contribution in [0.25, 0.3) is 0 Å². The van der Waals surface area contributed by atoms with Crippen LogP contribution in [0.3, 0.4) is 0 Å². The van der Waals surface area contributed by atoms with Crippen molar-refractivity contribution in [2.75, 3.05) is 0 Å². The van der Waals surface area contributed by atoms with Gasteiger partial charge in [-0.1, -0.05) is 15.9 Å². The van der Waals surface area contributed by atoms with E-state index < -0.39 is 23.2 Å². The van der Waals surface area contributed by atoms with Gasteiger partial charge in [0.15, 0.2) is 0 Å². The number of halogens is 4. The van der Waals surface area contributed by atoms with Crippen molar-refractivity contribution < 1.29 is 18.0 Å². The van der Waals surface area contributed by atoms with Crippen molar-refractivity contribution in [2.24, 2.45) is 5.73 Å². The summed E-state index contributed by atoms with van der Waals surface area (Å²) < 4.78 is 37.9. The third-order valence-corrected chi connectivity index (χ3v) is 2.72. The molecule has 82 valence electrons. The molecule has 1 aromatic rings. The molecule has 6 heteroatoms. The van der Waals surface area contributed by atoms with Gasteiger partial charge in [0, 0.05) is 4.47 Å². The Morgan fingerprint density at radius 2 is 1.93 bits per heavy atom. The Hall–Kier alpha value is -1.04. The summed E-state index contributed by atoms with van der Waals surface area (Å²) in [6.45, 7) is 1.50. The molecule has 0 aliphatic heterocycles. The topological polar surface area (TPSA) is 43.1 Å². The first kappa shape index (κ1) is 12.0. The van der Waals surface area contributed by atoms with Crippen LogP contribution in [0.5, 0.6) is 0 Å². The average Bonchev–Trinajstić information content (AvgIpc) is 2.06. The molecular weight excluding hydrogens is 275 g/mol. The maximum Gasteiger partial charge on any atom is 0.417 e. The second kappa shape index (κ2) is 3.84. The number of amides is 1. The first-order valence-electron chi connectivity index (χ1n) is 3.90. The summed E-state index contributed by atoms with van der Waals surface area (Å²) in [5, 5.41) is 0. The van der Waals surface area contributed by atoms with Gasteiger partial charge in [-0.15, -0.1) is 0 Å². The second-order valence-corrected chi connectivity index (χ2v) is 3.86. The van der Waals surface area contributed by atoms with E-state index >= 15 is 0 Å². The van der Waals surface area contributed by atoms with Crippen molar-refractivity contribution in [3.63, 3.8) is 0 Å². The van der Waals surface area contributed by atoms with E-state index in [0.29, 0.717) is 10.0 Å². The lowest BCUT2D eigenvalue weighted by molar-refractivity contribution is -0.138. The number of aryl methyl sites for hydroxylation is 1. The van der Waals surface area contributed by atoms with Gasteiger partial charge in [0.1, 0.15) is 0 Å². The molecule has 0 aliphatic rings. The average molecular weight is 282 g/mol. The predicted molar refractivity (Wildman–Crippen MR) is 52.4 cm³/mol. The lowest BCUT2D eigenvalue weighted by atomic mass is 10.0. The highest BCUT2D eigenvalue weighted by Gasteiger charge is 2.35. The number of nitrogens with two attached hydrogens (primary N) is 1. The van der Waals surface area contributed by atoms with Gasteiger partial charge in [0.05, 0.1) is 11.1 Å². The highest BCUT2D eigenvalue weighted by atomic mass is 79.9. The molecule has 0 aromatic heterocycles. The van der Waals surface area contributed by atoms with Crippen molar-refractivity contribution in [3.8, 4) is 0 Å². The zero-order valence-electron chi connectivity index (χ0n) is 7.65. The van der Waals surface area contributed by atoms with Crippen molar-refractivity contribution in [1.29, 1.82) is 0 Å². The van der Waals surface area contributed by atoms with Crippen molar-refractivity contribution in [3.05, 3.63) is 33.3 Å². The summed E-state index contributed by atoms with van der Waals surface area (Å²) in [6, 6.07) is 1.98. The number of hydrogen-bond donors (Lipinski definition) is 1. The minimum Gasteiger partial charge on any atom is -0.366 e. The standard InChI is InChI=1S/C9H7BrF3NO/c1-4-2-6(9(11,12)13)5(8(14)15)3-7(4)10/h2-3H,1H3,(H2,14,15). The molecule has 0 saturated carbocycles. The molecule has 0 radical (unpaired) electrons. The number of primary amides is 1. The Bertz CT molecular complexity index is 415. The Morgan fingerprint density at radius 1 is 1.40 bits per heavy atom. The zero-order valence-corrected chi connectivity index (χ0v) is 9.24. The van der Waals surface area contributed by atoms with Gasteiger partial charge in [-0.25, -0.2) is 0 Å². The van der Waals surface area contributed by atoms with E-state index in [4.69, 9.17) is 5.73 Å². The normalized spacial score (nSPS) is 11.5. The Balaban J connectivity index is 3.49. The molecule has 0 saturated heterocycles. The minimum atomic E-state index is -4.57. The molecule has 0 spiro atoms. The largest absolute Gasteiger partial charge is 0.417 e. The fourth-order valence-corrected chi connectivity index (χ4v) is 1.46. The van der Waals surface area contributed by atoms with Crippen LogP contribution in [0.1, 0.15) is 21.5 Å². The Labute approximate surface area is 92.4 Å². The molecule has 0 unspecified atom stereocenters. The number of alkyl halides is 3. The maximum absolute atomic E-state index is 12.5. The van der Waals surface area contributed by atoms with Crippen LogP contribution < -0.4 is 5.73 Å². The van der Waals surface area contributed by atoms with E-state index in [0.717, 1.165) is 12.1 Å². The highest BCUT2D eigenvalue weighted by Crippen LogP contribution is 2.34. The molecule has 0 atom stereocenters. The summed E-state index contributed by atoms with van der Waals surface area (Å²) in [5.41, 5.74) is 3.73. The van der Waals surface area contributed by atoms with Crippen LogP contribution in [0.15, 0.2) is 16.6 Å². The molecule has 0 aliphatic carbocycles. The molecule has 1 rings (SSSR count). The lowest BCUT2D eigenvalue weighted by Crippen LogP contribution is -2.19. The van der Waals surface area contributed by atoms with E-state index in [1.54, 1.807) is 0 Å². The van der Waals surface area contributed by atoms with Crippen LogP contribution in [0, 0.1) is 6.92 Å². The van der Waals surface area contributed by atoms with Gasteiger partial charge < -0.3 is 5.73 Å². The molecule has 2 nitrogen and oxygen atoms in total. The molecule has 1 amide bonds. The Kier molecular flexibility index (Phi) is 3.08. The van der Waals surface area contributed by atoms with Crippen LogP contribution >= 0.6 is 15.9 Å². The number of benzene rings is 1. The van der Waals surface area contributed by atoms with E-state index in [1.165, 1.54) is 6.92 Å². The first-order valence-corrected chi connectivity index (χ1v) is 4.70. The minimum absolute atomic E-state index is 0.396. The molecular formula is C9H7BrF3NO. The second-order valence-electron chi connectivity index (χ2n) is 3.01. The van der Waals surface area contributed by atoms with Gasteiger partial charge in [-0.3, -0.25) is 4.79 Å². The summed E-state index contributed by atoms with van der Waals surface area (Å²) in [4.78, 5) is 10.8. The third kappa shape index (κ3) is 2.50. The van der Waals surface area contributed by atoms with E-state index in [9.17, 15) is 18.0 Å². The molecule has 1 aromatic carbocycles. The van der Waals surface area contributed by atoms with Gasteiger partial charge >= 0.3 is 6.18 Å². The molecule has 0 heterocycles. The van der Waals surface area contributed by atoms with Crippen LogP contribution in [0.4, 0.5) is 13.2 Å². The number of carbonyl (C=O) groups excluding carboxylic acids is 1. The van der Waals surface area contributed by atoms with E-state index in [1.807, 2.05) is 0 Å². The number of rotatable bonds is 1. The van der Waals surface area contributed by atoms with Crippen molar-refractivity contribution >= 4 is 21.8 Å². The quantitative estimate of drug-likeness (QED) is 0.845. The van der Waals surface area contributed by atoms with Crippen LogP contribution in [0.2, 0.25) is 0 Å². The summed E-state index contributed by atoms with van der Waals surface area (Å²) >= 11 is 3.04. The van der Waals surface area contributed by atoms with Crippen LogP contribution in [-0.2, 0) is 6.18 Å². The highest BCUT2D eigenvalue weighted by molar-refractivity contribution is 9.10. The maximum atomic E-state index is 12.5. The molecule has 0 bridgehead atoms. The fraction of sp³-hybridized carbons (Fsp3) is 0.222.